The number of nitro benzene ring substituents is 1. The smallest absolute Gasteiger partial charge is 0.314 e. The molecule has 2 aromatic rings. The number of fused-ring (bicyclic) bond motifs is 3. The van der Waals surface area contributed by atoms with E-state index in [4.69, 9.17) is 4.55 Å². The number of hydrogen-bond acceptors (Lipinski definition) is 7. The summed E-state index contributed by atoms with van der Waals surface area (Å²) in [7, 11) is -3.67. The fourth-order valence-electron chi connectivity index (χ4n) is 2.81. The lowest BCUT2D eigenvalue weighted by molar-refractivity contribution is -0.385. The SMILES string of the molecule is CCN1CCc2c([N+](=O)[O-])cc3[nH]c(=O)c(=O)[nH]c3c2C1.CS(=O)(=O)O. The molecule has 2 heterocycles. The third kappa shape index (κ3) is 4.53. The number of aromatic nitrogens is 2. The summed E-state index contributed by atoms with van der Waals surface area (Å²) in [6, 6.07) is 1.33. The number of nitro groups is 1. The van der Waals surface area contributed by atoms with Crippen molar-refractivity contribution in [2.24, 2.45) is 0 Å². The van der Waals surface area contributed by atoms with Crippen LogP contribution in [-0.4, -0.2) is 52.1 Å². The summed E-state index contributed by atoms with van der Waals surface area (Å²) >= 11 is 0. The molecule has 1 aromatic carbocycles. The summed E-state index contributed by atoms with van der Waals surface area (Å²) in [5.41, 5.74) is 0.588. The van der Waals surface area contributed by atoms with Gasteiger partial charge < -0.3 is 9.97 Å². The van der Waals surface area contributed by atoms with Gasteiger partial charge in [0.15, 0.2) is 0 Å². The second-order valence-corrected chi connectivity index (χ2v) is 7.26. The maximum absolute atomic E-state index is 11.5. The molecule has 0 unspecified atom stereocenters. The molecule has 12 heteroatoms. The minimum absolute atomic E-state index is 0.00375. The second-order valence-electron chi connectivity index (χ2n) is 5.79. The summed E-state index contributed by atoms with van der Waals surface area (Å²) < 4.78 is 25.9. The zero-order chi connectivity index (χ0) is 19.6. The number of rotatable bonds is 2. The summed E-state index contributed by atoms with van der Waals surface area (Å²) in [4.78, 5) is 40.9. The highest BCUT2D eigenvalue weighted by Gasteiger charge is 2.26. The van der Waals surface area contributed by atoms with E-state index in [0.29, 0.717) is 35.8 Å². The van der Waals surface area contributed by atoms with Crippen LogP contribution in [-0.2, 0) is 23.1 Å². The van der Waals surface area contributed by atoms with E-state index in [1.54, 1.807) is 0 Å². The monoisotopic (exact) mass is 386 g/mol. The Kier molecular flexibility index (Phi) is 5.59. The molecule has 1 aromatic heterocycles. The molecule has 0 aliphatic carbocycles. The van der Waals surface area contributed by atoms with Crippen LogP contribution in [0, 0.1) is 10.1 Å². The van der Waals surface area contributed by atoms with Crippen LogP contribution in [0.2, 0.25) is 0 Å². The van der Waals surface area contributed by atoms with Gasteiger partial charge in [0, 0.05) is 30.3 Å². The van der Waals surface area contributed by atoms with Gasteiger partial charge in [0.1, 0.15) is 0 Å². The Bertz CT molecular complexity index is 1060. The average Bonchev–Trinajstić information content (AvgIpc) is 2.53. The number of nitrogens with zero attached hydrogens (tertiary/aromatic N) is 2. The normalized spacial score (nSPS) is 14.4. The standard InChI is InChI=1S/C13H14N4O4.CH4O3S/c1-2-16-4-3-7-8(6-16)11-9(5-10(7)17(20)21)14-12(18)13(19)15-11;1-5(2,3)4/h5H,2-4,6H2,1H3,(H,14,18)(H,15,19);1H3,(H,2,3,4). The van der Waals surface area contributed by atoms with Crippen molar-refractivity contribution in [3.8, 4) is 0 Å². The molecule has 1 aliphatic rings. The molecule has 0 saturated heterocycles. The van der Waals surface area contributed by atoms with E-state index in [9.17, 15) is 28.1 Å². The van der Waals surface area contributed by atoms with Crippen molar-refractivity contribution in [2.75, 3.05) is 19.3 Å². The molecule has 0 radical (unpaired) electrons. The number of aromatic amines is 2. The minimum atomic E-state index is -3.67. The van der Waals surface area contributed by atoms with Gasteiger partial charge in [-0.3, -0.25) is 29.2 Å². The van der Waals surface area contributed by atoms with E-state index in [0.717, 1.165) is 18.7 Å². The van der Waals surface area contributed by atoms with E-state index in [-0.39, 0.29) is 5.69 Å². The van der Waals surface area contributed by atoms with Crippen molar-refractivity contribution in [1.29, 1.82) is 0 Å². The van der Waals surface area contributed by atoms with Crippen molar-refractivity contribution in [3.05, 3.63) is 48.0 Å². The first-order valence-electron chi connectivity index (χ1n) is 7.61. The van der Waals surface area contributed by atoms with Crippen molar-refractivity contribution < 1.29 is 17.9 Å². The molecule has 3 N–H and O–H groups in total. The third-order valence-corrected chi connectivity index (χ3v) is 3.92. The fourth-order valence-corrected chi connectivity index (χ4v) is 2.81. The number of likely N-dealkylation sites (N-methyl/N-ethyl adjacent to an activating group) is 1. The van der Waals surface area contributed by atoms with Gasteiger partial charge >= 0.3 is 11.1 Å². The van der Waals surface area contributed by atoms with Crippen LogP contribution in [0.25, 0.3) is 11.0 Å². The van der Waals surface area contributed by atoms with E-state index >= 15 is 0 Å². The Balaban J connectivity index is 0.000000431. The summed E-state index contributed by atoms with van der Waals surface area (Å²) in [6.07, 6.45) is 1.27. The molecule has 0 spiro atoms. The molecule has 3 rings (SSSR count). The lowest BCUT2D eigenvalue weighted by Gasteiger charge is -2.27. The third-order valence-electron chi connectivity index (χ3n) is 3.92. The average molecular weight is 386 g/mol. The first-order valence-corrected chi connectivity index (χ1v) is 9.46. The van der Waals surface area contributed by atoms with E-state index < -0.39 is 26.2 Å². The van der Waals surface area contributed by atoms with Gasteiger partial charge in [-0.25, -0.2) is 0 Å². The van der Waals surface area contributed by atoms with Crippen molar-refractivity contribution in [3.63, 3.8) is 0 Å². The van der Waals surface area contributed by atoms with Crippen molar-refractivity contribution in [1.82, 2.24) is 14.9 Å². The van der Waals surface area contributed by atoms with E-state index in [2.05, 4.69) is 14.9 Å². The molecular formula is C14H18N4O7S. The Morgan fingerprint density at radius 1 is 1.27 bits per heavy atom. The minimum Gasteiger partial charge on any atom is -0.316 e. The molecule has 11 nitrogen and oxygen atoms in total. The van der Waals surface area contributed by atoms with Crippen LogP contribution in [0.3, 0.4) is 0 Å². The predicted molar refractivity (Wildman–Crippen MR) is 94.0 cm³/mol. The van der Waals surface area contributed by atoms with Gasteiger partial charge in [0.2, 0.25) is 0 Å². The summed E-state index contributed by atoms with van der Waals surface area (Å²) in [6.45, 7) is 4.09. The van der Waals surface area contributed by atoms with Gasteiger partial charge in [-0.2, -0.15) is 8.42 Å². The highest BCUT2D eigenvalue weighted by molar-refractivity contribution is 7.85. The quantitative estimate of drug-likeness (QED) is 0.281. The van der Waals surface area contributed by atoms with Crippen LogP contribution in [0.15, 0.2) is 15.7 Å². The number of nitrogens with one attached hydrogen (secondary N) is 2. The molecule has 0 bridgehead atoms. The molecule has 0 amide bonds. The molecular weight excluding hydrogens is 368 g/mol. The number of benzene rings is 1. The topological polar surface area (TPSA) is 166 Å². The molecule has 0 fully saturated rings. The first-order chi connectivity index (χ1) is 12.0. The Morgan fingerprint density at radius 2 is 1.85 bits per heavy atom. The Morgan fingerprint density at radius 3 is 2.38 bits per heavy atom. The van der Waals surface area contributed by atoms with Crippen LogP contribution in [0.1, 0.15) is 18.1 Å². The number of hydrogen-bond donors (Lipinski definition) is 3. The van der Waals surface area contributed by atoms with Crippen LogP contribution in [0.4, 0.5) is 5.69 Å². The highest BCUT2D eigenvalue weighted by atomic mass is 32.2. The molecule has 0 saturated carbocycles. The largest absolute Gasteiger partial charge is 0.316 e. The lowest BCUT2D eigenvalue weighted by Crippen LogP contribution is -2.33. The van der Waals surface area contributed by atoms with Crippen LogP contribution >= 0.6 is 0 Å². The maximum Gasteiger partial charge on any atom is 0.314 e. The first kappa shape index (κ1) is 19.8. The number of H-pyrrole nitrogens is 2. The van der Waals surface area contributed by atoms with Crippen LogP contribution < -0.4 is 11.1 Å². The van der Waals surface area contributed by atoms with Gasteiger partial charge in [0.05, 0.1) is 22.2 Å². The molecule has 0 atom stereocenters. The van der Waals surface area contributed by atoms with E-state index in [1.807, 2.05) is 6.92 Å². The van der Waals surface area contributed by atoms with Gasteiger partial charge in [-0.05, 0) is 13.0 Å². The summed E-state index contributed by atoms with van der Waals surface area (Å²) in [5.74, 6) is 0. The Hall–Kier alpha value is -2.57. The van der Waals surface area contributed by atoms with Crippen molar-refractivity contribution >= 4 is 26.8 Å². The predicted octanol–water partition coefficient (Wildman–Crippen LogP) is 0.00660. The van der Waals surface area contributed by atoms with Gasteiger partial charge in [0.25, 0.3) is 15.8 Å². The molecule has 26 heavy (non-hydrogen) atoms. The van der Waals surface area contributed by atoms with Crippen molar-refractivity contribution in [2.45, 2.75) is 19.9 Å². The summed E-state index contributed by atoms with van der Waals surface area (Å²) in [5, 5.41) is 11.2. The zero-order valence-electron chi connectivity index (χ0n) is 14.1. The van der Waals surface area contributed by atoms with E-state index in [1.165, 1.54) is 6.07 Å². The van der Waals surface area contributed by atoms with Gasteiger partial charge in [-0.15, -0.1) is 0 Å². The Labute approximate surface area is 147 Å². The second kappa shape index (κ2) is 7.35. The van der Waals surface area contributed by atoms with Crippen LogP contribution in [0.5, 0.6) is 0 Å². The van der Waals surface area contributed by atoms with Gasteiger partial charge in [-0.1, -0.05) is 6.92 Å². The molecule has 142 valence electrons. The highest BCUT2D eigenvalue weighted by Crippen LogP contribution is 2.32. The lowest BCUT2D eigenvalue weighted by atomic mass is 9.96. The fraction of sp³-hybridized carbons (Fsp3) is 0.429. The molecule has 1 aliphatic heterocycles. The zero-order valence-corrected chi connectivity index (χ0v) is 14.9. The maximum atomic E-state index is 11.5.